The van der Waals surface area contributed by atoms with Gasteiger partial charge in [-0.15, -0.1) is 0 Å². The van der Waals surface area contributed by atoms with Crippen LogP contribution in [-0.4, -0.2) is 39.3 Å². The lowest BCUT2D eigenvalue weighted by atomic mass is 10.1. The highest BCUT2D eigenvalue weighted by atomic mass is 16.5. The summed E-state index contributed by atoms with van der Waals surface area (Å²) in [6.07, 6.45) is 0. The molecule has 132 valence electrons. The molecule has 2 aromatic rings. The maximum Gasteiger partial charge on any atom is 0.255 e. The smallest absolute Gasteiger partial charge is 0.255 e. The summed E-state index contributed by atoms with van der Waals surface area (Å²) < 4.78 is 10.8. The Morgan fingerprint density at radius 3 is 2.52 bits per heavy atom. The molecule has 1 heterocycles. The van der Waals surface area contributed by atoms with Crippen LogP contribution in [0.3, 0.4) is 0 Å². The van der Waals surface area contributed by atoms with Crippen molar-refractivity contribution in [1.29, 1.82) is 0 Å². The predicted octanol–water partition coefficient (Wildman–Crippen LogP) is 3.40. The van der Waals surface area contributed by atoms with Crippen molar-refractivity contribution in [1.82, 2.24) is 0 Å². The molecule has 0 atom stereocenters. The lowest BCUT2D eigenvalue weighted by molar-refractivity contribution is 0.102. The number of carbonyl (C=O) groups excluding carboxylic acids is 1. The van der Waals surface area contributed by atoms with Gasteiger partial charge in [-0.1, -0.05) is 6.07 Å². The molecule has 0 bridgehead atoms. The van der Waals surface area contributed by atoms with Crippen molar-refractivity contribution in [2.75, 3.05) is 43.6 Å². The molecule has 0 saturated carbocycles. The third-order valence-corrected chi connectivity index (χ3v) is 4.57. The predicted molar refractivity (Wildman–Crippen MR) is 99.9 cm³/mol. The molecule has 1 aliphatic heterocycles. The molecule has 5 nitrogen and oxygen atoms in total. The number of aryl methyl sites for hydroxylation is 2. The fraction of sp³-hybridized carbons (Fsp3) is 0.350. The molecule has 25 heavy (non-hydrogen) atoms. The van der Waals surface area contributed by atoms with Crippen molar-refractivity contribution in [3.8, 4) is 5.75 Å². The van der Waals surface area contributed by atoms with Crippen LogP contribution in [0, 0.1) is 13.8 Å². The van der Waals surface area contributed by atoms with Crippen LogP contribution in [0.5, 0.6) is 5.75 Å². The molecule has 1 aliphatic rings. The molecular weight excluding hydrogens is 316 g/mol. The number of nitrogens with zero attached hydrogens (tertiary/aromatic N) is 1. The highest BCUT2D eigenvalue weighted by molar-refractivity contribution is 6.06. The minimum atomic E-state index is -0.120. The Morgan fingerprint density at radius 2 is 1.84 bits per heavy atom. The van der Waals surface area contributed by atoms with Crippen molar-refractivity contribution in [3.05, 3.63) is 53.1 Å². The number of rotatable bonds is 4. The topological polar surface area (TPSA) is 50.8 Å². The Hall–Kier alpha value is -2.53. The zero-order valence-electron chi connectivity index (χ0n) is 15.0. The summed E-state index contributed by atoms with van der Waals surface area (Å²) in [5, 5.41) is 3.04. The molecule has 0 aromatic heterocycles. The maximum atomic E-state index is 12.7. The molecule has 3 rings (SSSR count). The first-order valence-electron chi connectivity index (χ1n) is 8.48. The van der Waals surface area contributed by atoms with Gasteiger partial charge in [0.1, 0.15) is 5.75 Å². The van der Waals surface area contributed by atoms with E-state index in [0.29, 0.717) is 24.5 Å². The van der Waals surface area contributed by atoms with Gasteiger partial charge in [-0.25, -0.2) is 0 Å². The van der Waals surface area contributed by atoms with Gasteiger partial charge >= 0.3 is 0 Å². The minimum absolute atomic E-state index is 0.120. The number of nitrogens with one attached hydrogen (secondary N) is 1. The fourth-order valence-electron chi connectivity index (χ4n) is 2.90. The van der Waals surface area contributed by atoms with Gasteiger partial charge in [0.05, 0.1) is 31.7 Å². The summed E-state index contributed by atoms with van der Waals surface area (Å²) >= 11 is 0. The number of hydrogen-bond acceptors (Lipinski definition) is 4. The number of ether oxygens (including phenoxy) is 2. The second-order valence-electron chi connectivity index (χ2n) is 6.24. The Bertz CT molecular complexity index is 768. The molecule has 1 amide bonds. The van der Waals surface area contributed by atoms with E-state index in [-0.39, 0.29) is 5.91 Å². The Kier molecular flexibility index (Phi) is 5.24. The number of morpholine rings is 1. The number of amides is 1. The normalized spacial score (nSPS) is 14.3. The molecule has 5 heteroatoms. The second-order valence-corrected chi connectivity index (χ2v) is 6.24. The van der Waals surface area contributed by atoms with E-state index in [9.17, 15) is 4.79 Å². The monoisotopic (exact) mass is 340 g/mol. The summed E-state index contributed by atoms with van der Waals surface area (Å²) in [4.78, 5) is 14.9. The quantitative estimate of drug-likeness (QED) is 0.927. The SMILES string of the molecule is COc1ccc(N2CCOCC2)c(NC(=O)c2ccc(C)c(C)c2)c1. The molecule has 0 radical (unpaired) electrons. The van der Waals surface area contributed by atoms with Gasteiger partial charge in [-0.3, -0.25) is 4.79 Å². The molecule has 0 unspecified atom stereocenters. The molecule has 1 fully saturated rings. The lowest BCUT2D eigenvalue weighted by Gasteiger charge is -2.30. The van der Waals surface area contributed by atoms with E-state index in [4.69, 9.17) is 9.47 Å². The molecule has 0 spiro atoms. The number of carbonyl (C=O) groups is 1. The van der Waals surface area contributed by atoms with Crippen LogP contribution in [0.1, 0.15) is 21.5 Å². The van der Waals surface area contributed by atoms with Crippen molar-refractivity contribution in [2.45, 2.75) is 13.8 Å². The largest absolute Gasteiger partial charge is 0.497 e. The van der Waals surface area contributed by atoms with E-state index in [0.717, 1.165) is 30.0 Å². The highest BCUT2D eigenvalue weighted by Crippen LogP contribution is 2.31. The minimum Gasteiger partial charge on any atom is -0.497 e. The lowest BCUT2D eigenvalue weighted by Crippen LogP contribution is -2.36. The van der Waals surface area contributed by atoms with E-state index in [2.05, 4.69) is 10.2 Å². The van der Waals surface area contributed by atoms with Gasteiger partial charge in [0, 0.05) is 24.7 Å². The number of hydrogen-bond donors (Lipinski definition) is 1. The first-order chi connectivity index (χ1) is 12.1. The maximum absolute atomic E-state index is 12.7. The van der Waals surface area contributed by atoms with E-state index in [1.165, 1.54) is 5.56 Å². The zero-order valence-corrected chi connectivity index (χ0v) is 15.0. The van der Waals surface area contributed by atoms with E-state index in [1.807, 2.05) is 50.2 Å². The Balaban J connectivity index is 1.88. The summed E-state index contributed by atoms with van der Waals surface area (Å²) in [7, 11) is 1.62. The Labute approximate surface area is 148 Å². The molecule has 1 N–H and O–H groups in total. The standard InChI is InChI=1S/C20H24N2O3/c1-14-4-5-16(12-15(14)2)20(23)21-18-13-17(24-3)6-7-19(18)22-8-10-25-11-9-22/h4-7,12-13H,8-11H2,1-3H3,(H,21,23). The van der Waals surface area contributed by atoms with Crippen LogP contribution in [0.25, 0.3) is 0 Å². The van der Waals surface area contributed by atoms with E-state index < -0.39 is 0 Å². The summed E-state index contributed by atoms with van der Waals surface area (Å²) in [6.45, 7) is 7.04. The zero-order chi connectivity index (χ0) is 17.8. The average molecular weight is 340 g/mol. The van der Waals surface area contributed by atoms with Crippen molar-refractivity contribution >= 4 is 17.3 Å². The third-order valence-electron chi connectivity index (χ3n) is 4.57. The summed E-state index contributed by atoms with van der Waals surface area (Å²) in [5.41, 5.74) is 4.67. The van der Waals surface area contributed by atoms with Gasteiger partial charge in [-0.2, -0.15) is 0 Å². The fourth-order valence-corrected chi connectivity index (χ4v) is 2.90. The number of methoxy groups -OCH3 is 1. The average Bonchev–Trinajstić information content (AvgIpc) is 2.64. The highest BCUT2D eigenvalue weighted by Gasteiger charge is 2.17. The van der Waals surface area contributed by atoms with Gasteiger partial charge in [-0.05, 0) is 49.2 Å². The summed E-state index contributed by atoms with van der Waals surface area (Å²) in [6, 6.07) is 11.5. The third kappa shape index (κ3) is 3.94. The first-order valence-corrected chi connectivity index (χ1v) is 8.48. The van der Waals surface area contributed by atoms with Crippen LogP contribution in [0.15, 0.2) is 36.4 Å². The second kappa shape index (κ2) is 7.57. The molecular formula is C20H24N2O3. The van der Waals surface area contributed by atoms with Crippen LogP contribution < -0.4 is 15.0 Å². The van der Waals surface area contributed by atoms with Crippen LogP contribution >= 0.6 is 0 Å². The molecule has 0 aliphatic carbocycles. The van der Waals surface area contributed by atoms with Crippen LogP contribution in [0.2, 0.25) is 0 Å². The van der Waals surface area contributed by atoms with Gasteiger partial charge in [0.25, 0.3) is 5.91 Å². The van der Waals surface area contributed by atoms with Gasteiger partial charge in [0.15, 0.2) is 0 Å². The van der Waals surface area contributed by atoms with Gasteiger partial charge in [0.2, 0.25) is 0 Å². The van der Waals surface area contributed by atoms with Crippen LogP contribution in [-0.2, 0) is 4.74 Å². The Morgan fingerprint density at radius 1 is 1.08 bits per heavy atom. The van der Waals surface area contributed by atoms with Crippen molar-refractivity contribution < 1.29 is 14.3 Å². The number of benzene rings is 2. The van der Waals surface area contributed by atoms with Crippen LogP contribution in [0.4, 0.5) is 11.4 Å². The molecule has 1 saturated heterocycles. The number of anilines is 2. The molecule has 2 aromatic carbocycles. The first kappa shape index (κ1) is 17.3. The van der Waals surface area contributed by atoms with Crippen molar-refractivity contribution in [2.24, 2.45) is 0 Å². The summed E-state index contributed by atoms with van der Waals surface area (Å²) in [5.74, 6) is 0.596. The van der Waals surface area contributed by atoms with E-state index >= 15 is 0 Å². The van der Waals surface area contributed by atoms with E-state index in [1.54, 1.807) is 7.11 Å². The van der Waals surface area contributed by atoms with Crippen molar-refractivity contribution in [3.63, 3.8) is 0 Å². The van der Waals surface area contributed by atoms with Gasteiger partial charge < -0.3 is 19.7 Å².